The van der Waals surface area contributed by atoms with Crippen LogP contribution < -0.4 is 15.4 Å². The van der Waals surface area contributed by atoms with Gasteiger partial charge in [0.05, 0.1) is 15.6 Å². The lowest BCUT2D eigenvalue weighted by atomic mass is 10.2. The Hall–Kier alpha value is -1.76. The Morgan fingerprint density at radius 2 is 1.71 bits per heavy atom. The summed E-state index contributed by atoms with van der Waals surface area (Å²) in [5.74, 6) is 0.330. The Morgan fingerprint density at radius 3 is 2.23 bits per heavy atom. The van der Waals surface area contributed by atoms with Gasteiger partial charge in [-0.15, -0.1) is 0 Å². The topological polar surface area (TPSA) is 87.7 Å². The molecule has 0 unspecified atom stereocenters. The summed E-state index contributed by atoms with van der Waals surface area (Å²) in [6, 6.07) is 11.4. The second-order valence-corrected chi connectivity index (χ2v) is 10.2. The smallest absolute Gasteiger partial charge is 0.257 e. The fraction of sp³-hybridized carbons (Fsp3) is 0.333. The molecule has 10 heteroatoms. The summed E-state index contributed by atoms with van der Waals surface area (Å²) in [5, 5.41) is 5.63. The van der Waals surface area contributed by atoms with Crippen LogP contribution in [0.4, 0.5) is 5.69 Å². The van der Waals surface area contributed by atoms with Crippen LogP contribution in [0.15, 0.2) is 47.4 Å². The summed E-state index contributed by atoms with van der Waals surface area (Å²) in [6.45, 7) is 4.87. The Balaban J connectivity index is 2.04. The largest absolute Gasteiger partial charge is 0.496 e. The van der Waals surface area contributed by atoms with Crippen LogP contribution in [0.5, 0.6) is 5.75 Å². The third kappa shape index (κ3) is 6.86. The maximum atomic E-state index is 12.8. The fourth-order valence-electron chi connectivity index (χ4n) is 2.86. The van der Waals surface area contributed by atoms with Crippen molar-refractivity contribution in [2.24, 2.45) is 0 Å². The summed E-state index contributed by atoms with van der Waals surface area (Å²) in [4.78, 5) is 12.6. The number of nitrogens with zero attached hydrogens (tertiary/aromatic N) is 1. The first-order chi connectivity index (χ1) is 14.7. The van der Waals surface area contributed by atoms with Gasteiger partial charge in [-0.1, -0.05) is 13.8 Å². The van der Waals surface area contributed by atoms with Gasteiger partial charge in [0, 0.05) is 24.3 Å². The molecule has 0 fully saturated rings. The van der Waals surface area contributed by atoms with E-state index in [2.05, 4.69) is 33.2 Å². The van der Waals surface area contributed by atoms with Gasteiger partial charge in [0.2, 0.25) is 10.0 Å². The molecule has 2 aromatic rings. The van der Waals surface area contributed by atoms with E-state index in [0.717, 1.165) is 16.4 Å². The Kier molecular flexibility index (Phi) is 9.66. The van der Waals surface area contributed by atoms with Crippen molar-refractivity contribution in [2.45, 2.75) is 31.6 Å². The van der Waals surface area contributed by atoms with Crippen LogP contribution in [0.2, 0.25) is 0 Å². The number of methoxy groups -OCH3 is 1. The molecule has 0 aliphatic carbocycles. The molecule has 1 amide bonds. The molecule has 0 aliphatic rings. The molecule has 0 heterocycles. The van der Waals surface area contributed by atoms with Crippen molar-refractivity contribution < 1.29 is 17.9 Å². The molecule has 168 valence electrons. The summed E-state index contributed by atoms with van der Waals surface area (Å²) in [5.41, 5.74) is 1.02. The van der Waals surface area contributed by atoms with Crippen molar-refractivity contribution in [1.82, 2.24) is 9.62 Å². The quantitative estimate of drug-likeness (QED) is 0.344. The van der Waals surface area contributed by atoms with Crippen LogP contribution in [0.25, 0.3) is 0 Å². The first kappa shape index (κ1) is 25.5. The summed E-state index contributed by atoms with van der Waals surface area (Å²) >= 11 is 7.30. The number of carbonyl (C=O) groups is 1. The number of nitrogens with one attached hydrogen (secondary N) is 2. The van der Waals surface area contributed by atoms with Crippen LogP contribution >= 0.6 is 34.8 Å². The van der Waals surface area contributed by atoms with Crippen LogP contribution in [0.1, 0.15) is 37.0 Å². The molecule has 0 aliphatic heterocycles. The highest BCUT2D eigenvalue weighted by Gasteiger charge is 2.22. The second kappa shape index (κ2) is 11.7. The first-order valence-corrected chi connectivity index (χ1v) is 12.7. The number of anilines is 1. The zero-order valence-corrected chi connectivity index (χ0v) is 21.4. The van der Waals surface area contributed by atoms with Gasteiger partial charge in [-0.2, -0.15) is 4.31 Å². The summed E-state index contributed by atoms with van der Waals surface area (Å²) in [7, 11) is -1.98. The van der Waals surface area contributed by atoms with E-state index in [1.807, 2.05) is 13.8 Å². The molecule has 7 nitrogen and oxygen atoms in total. The summed E-state index contributed by atoms with van der Waals surface area (Å²) in [6.07, 6.45) is 1.50. The van der Waals surface area contributed by atoms with Gasteiger partial charge in [-0.25, -0.2) is 8.42 Å². The van der Waals surface area contributed by atoms with Crippen LogP contribution in [0.3, 0.4) is 0 Å². The number of carbonyl (C=O) groups excluding carboxylic acids is 1. The predicted molar refractivity (Wildman–Crippen MR) is 135 cm³/mol. The van der Waals surface area contributed by atoms with E-state index < -0.39 is 10.0 Å². The molecular formula is C21H26IN3O4S2. The monoisotopic (exact) mass is 575 g/mol. The normalized spacial score (nSPS) is 11.3. The summed E-state index contributed by atoms with van der Waals surface area (Å²) < 4.78 is 33.2. The van der Waals surface area contributed by atoms with Crippen molar-refractivity contribution in [3.05, 3.63) is 51.6 Å². The molecule has 0 saturated carbocycles. The first-order valence-electron chi connectivity index (χ1n) is 9.79. The number of halogens is 1. The molecule has 2 aromatic carbocycles. The number of rotatable bonds is 9. The van der Waals surface area contributed by atoms with E-state index >= 15 is 0 Å². The molecule has 31 heavy (non-hydrogen) atoms. The highest BCUT2D eigenvalue weighted by molar-refractivity contribution is 14.1. The average Bonchev–Trinajstić information content (AvgIpc) is 2.73. The molecule has 0 radical (unpaired) electrons. The highest BCUT2D eigenvalue weighted by Crippen LogP contribution is 2.22. The number of thiocarbonyl (C=S) groups is 1. The zero-order valence-electron chi connectivity index (χ0n) is 17.6. The number of hydrogen-bond acceptors (Lipinski definition) is 5. The van der Waals surface area contributed by atoms with E-state index in [-0.39, 0.29) is 15.9 Å². The van der Waals surface area contributed by atoms with E-state index in [9.17, 15) is 13.2 Å². The number of benzene rings is 2. The predicted octanol–water partition coefficient (Wildman–Crippen LogP) is 4.24. The lowest BCUT2D eigenvalue weighted by Gasteiger charge is -2.21. The molecule has 2 N–H and O–H groups in total. The van der Waals surface area contributed by atoms with Gasteiger partial charge in [0.15, 0.2) is 5.11 Å². The zero-order chi connectivity index (χ0) is 23.0. The molecule has 0 aromatic heterocycles. The average molecular weight is 575 g/mol. The minimum atomic E-state index is -3.54. The van der Waals surface area contributed by atoms with Gasteiger partial charge >= 0.3 is 0 Å². The highest BCUT2D eigenvalue weighted by atomic mass is 127. The molecule has 0 saturated heterocycles. The maximum absolute atomic E-state index is 12.8. The number of ether oxygens (including phenoxy) is 1. The number of hydrogen-bond donors (Lipinski definition) is 2. The van der Waals surface area contributed by atoms with Crippen molar-refractivity contribution in [3.8, 4) is 5.75 Å². The van der Waals surface area contributed by atoms with E-state index in [4.69, 9.17) is 17.0 Å². The fourth-order valence-corrected chi connectivity index (χ4v) is 5.43. The van der Waals surface area contributed by atoms with Crippen molar-refractivity contribution in [2.75, 3.05) is 25.5 Å². The third-order valence-corrected chi connectivity index (χ3v) is 7.30. The van der Waals surface area contributed by atoms with Gasteiger partial charge in [-0.05, 0) is 90.1 Å². The van der Waals surface area contributed by atoms with Crippen LogP contribution in [-0.4, -0.2) is 43.9 Å². The van der Waals surface area contributed by atoms with Crippen molar-refractivity contribution in [3.63, 3.8) is 0 Å². The lowest BCUT2D eigenvalue weighted by molar-refractivity contribution is 0.0977. The van der Waals surface area contributed by atoms with Gasteiger partial charge in [-0.3, -0.25) is 10.1 Å². The SMILES string of the molecule is CCCN(CCC)S(=O)(=O)c1ccc(NC(=S)NC(=O)c2ccc(OC)c(I)c2)cc1. The molecule has 0 atom stereocenters. The third-order valence-electron chi connectivity index (χ3n) is 4.34. The van der Waals surface area contributed by atoms with Crippen LogP contribution in [0, 0.1) is 3.57 Å². The Labute approximate surface area is 202 Å². The van der Waals surface area contributed by atoms with E-state index in [1.54, 1.807) is 37.4 Å². The van der Waals surface area contributed by atoms with Gasteiger partial charge < -0.3 is 10.1 Å². The van der Waals surface area contributed by atoms with Gasteiger partial charge in [0.1, 0.15) is 5.75 Å². The standard InChI is InChI=1S/C21H26IN3O4S2/c1-4-12-25(13-5-2)31(27,28)17-9-7-16(8-10-17)23-21(30)24-20(26)15-6-11-19(29-3)18(22)14-15/h6-11,14H,4-5,12-13H2,1-3H3,(H2,23,24,26,30). The van der Waals surface area contributed by atoms with E-state index in [0.29, 0.717) is 30.1 Å². The maximum Gasteiger partial charge on any atom is 0.257 e. The van der Waals surface area contributed by atoms with Crippen molar-refractivity contribution in [1.29, 1.82) is 0 Å². The second-order valence-electron chi connectivity index (χ2n) is 6.69. The number of amides is 1. The molecule has 2 rings (SSSR count). The lowest BCUT2D eigenvalue weighted by Crippen LogP contribution is -2.34. The Bertz CT molecular complexity index is 1020. The minimum Gasteiger partial charge on any atom is -0.496 e. The van der Waals surface area contributed by atoms with Crippen molar-refractivity contribution >= 4 is 61.5 Å². The van der Waals surface area contributed by atoms with Crippen LogP contribution in [-0.2, 0) is 10.0 Å². The Morgan fingerprint density at radius 1 is 1.10 bits per heavy atom. The molecule has 0 bridgehead atoms. The minimum absolute atomic E-state index is 0.116. The molecule has 0 spiro atoms. The van der Waals surface area contributed by atoms with Gasteiger partial charge in [0.25, 0.3) is 5.91 Å². The number of sulfonamides is 1. The molecular weight excluding hydrogens is 549 g/mol. The van der Waals surface area contributed by atoms with E-state index in [1.165, 1.54) is 16.4 Å².